The second-order valence-corrected chi connectivity index (χ2v) is 5.98. The summed E-state index contributed by atoms with van der Waals surface area (Å²) in [5.74, 6) is -0.202. The number of hydrogen-bond donors (Lipinski definition) is 0. The number of carbonyl (C=O) groups is 2. The first-order valence-corrected chi connectivity index (χ1v) is 6.40. The number of likely N-dealkylation sites (tertiary alicyclic amines) is 1. The molecule has 1 saturated heterocycles. The number of azide groups is 1. The first kappa shape index (κ1) is 16.1. The van der Waals surface area contributed by atoms with Crippen LogP contribution in [-0.2, 0) is 9.53 Å². The van der Waals surface area contributed by atoms with E-state index in [9.17, 15) is 9.59 Å². The van der Waals surface area contributed by atoms with Crippen LogP contribution in [0, 0.1) is 0 Å². The van der Waals surface area contributed by atoms with Crippen LogP contribution >= 0.6 is 0 Å². The van der Waals surface area contributed by atoms with Crippen molar-refractivity contribution in [3.8, 4) is 0 Å². The van der Waals surface area contributed by atoms with Gasteiger partial charge in [0.15, 0.2) is 0 Å². The van der Waals surface area contributed by atoms with Gasteiger partial charge in [0.25, 0.3) is 0 Å². The average Bonchev–Trinajstić information content (AvgIpc) is 2.70. The van der Waals surface area contributed by atoms with E-state index >= 15 is 0 Å². The molecule has 8 heteroatoms. The van der Waals surface area contributed by atoms with Crippen LogP contribution in [0.5, 0.6) is 0 Å². The molecule has 0 bridgehead atoms. The van der Waals surface area contributed by atoms with Crippen molar-refractivity contribution in [1.82, 2.24) is 9.80 Å². The van der Waals surface area contributed by atoms with Crippen LogP contribution in [0.25, 0.3) is 10.4 Å². The molecular weight excluding hydrogens is 262 g/mol. The molecule has 1 heterocycles. The Kier molecular flexibility index (Phi) is 4.83. The van der Waals surface area contributed by atoms with E-state index in [1.54, 1.807) is 34.9 Å². The minimum absolute atomic E-state index is 0.198. The van der Waals surface area contributed by atoms with E-state index in [1.165, 1.54) is 9.80 Å². The molecular formula is C12H21N5O3. The highest BCUT2D eigenvalue weighted by molar-refractivity contribution is 5.86. The van der Waals surface area contributed by atoms with Gasteiger partial charge in [-0.05, 0) is 32.7 Å². The smallest absolute Gasteiger partial charge is 0.410 e. The summed E-state index contributed by atoms with van der Waals surface area (Å²) >= 11 is 0. The van der Waals surface area contributed by atoms with Crippen LogP contribution in [0.15, 0.2) is 5.11 Å². The molecule has 0 unspecified atom stereocenters. The fraction of sp³-hybridized carbons (Fsp3) is 0.833. The maximum absolute atomic E-state index is 12.1. The Labute approximate surface area is 118 Å². The lowest BCUT2D eigenvalue weighted by atomic mass is 10.1. The van der Waals surface area contributed by atoms with Gasteiger partial charge in [-0.25, -0.2) is 4.79 Å². The molecule has 0 spiro atoms. The molecule has 1 rings (SSSR count). The van der Waals surface area contributed by atoms with Gasteiger partial charge in [0, 0.05) is 25.6 Å². The topological polar surface area (TPSA) is 98.6 Å². The predicted molar refractivity (Wildman–Crippen MR) is 73.0 cm³/mol. The van der Waals surface area contributed by atoms with Gasteiger partial charge in [-0.1, -0.05) is 5.11 Å². The van der Waals surface area contributed by atoms with E-state index in [2.05, 4.69) is 10.0 Å². The Balaban J connectivity index is 2.91. The van der Waals surface area contributed by atoms with Gasteiger partial charge in [0.05, 0.1) is 6.04 Å². The molecule has 0 aromatic heterocycles. The second kappa shape index (κ2) is 6.00. The van der Waals surface area contributed by atoms with E-state index in [1.807, 2.05) is 0 Å². The molecule has 20 heavy (non-hydrogen) atoms. The average molecular weight is 283 g/mol. The van der Waals surface area contributed by atoms with Gasteiger partial charge in [0.1, 0.15) is 11.6 Å². The lowest BCUT2D eigenvalue weighted by Crippen LogP contribution is -2.47. The summed E-state index contributed by atoms with van der Waals surface area (Å²) in [7, 11) is 3.24. The van der Waals surface area contributed by atoms with E-state index < -0.39 is 23.8 Å². The normalized spacial score (nSPS) is 22.1. The van der Waals surface area contributed by atoms with Gasteiger partial charge in [-0.15, -0.1) is 0 Å². The number of carbonyl (C=O) groups excluding carboxylic acids is 2. The zero-order chi connectivity index (χ0) is 15.5. The number of rotatable bonds is 2. The predicted octanol–water partition coefficient (Wildman–Crippen LogP) is 1.76. The fourth-order valence-electron chi connectivity index (χ4n) is 2.02. The lowest BCUT2D eigenvalue weighted by molar-refractivity contribution is -0.133. The number of ether oxygens (including phenoxy) is 1. The van der Waals surface area contributed by atoms with Crippen molar-refractivity contribution in [2.45, 2.75) is 44.9 Å². The summed E-state index contributed by atoms with van der Waals surface area (Å²) in [6.07, 6.45) is -0.242. The summed E-state index contributed by atoms with van der Waals surface area (Å²) in [6.45, 7) is 5.47. The molecule has 112 valence electrons. The van der Waals surface area contributed by atoms with Crippen molar-refractivity contribution < 1.29 is 14.3 Å². The molecule has 0 aromatic carbocycles. The van der Waals surface area contributed by atoms with E-state index in [0.29, 0.717) is 6.42 Å². The number of amides is 2. The monoisotopic (exact) mass is 283 g/mol. The van der Waals surface area contributed by atoms with Crippen molar-refractivity contribution in [3.05, 3.63) is 10.4 Å². The van der Waals surface area contributed by atoms with Crippen molar-refractivity contribution in [1.29, 1.82) is 0 Å². The molecule has 8 nitrogen and oxygen atoms in total. The Morgan fingerprint density at radius 1 is 1.40 bits per heavy atom. The lowest BCUT2D eigenvalue weighted by Gasteiger charge is -2.29. The highest BCUT2D eigenvalue weighted by Crippen LogP contribution is 2.24. The largest absolute Gasteiger partial charge is 0.444 e. The third-order valence-electron chi connectivity index (χ3n) is 2.85. The van der Waals surface area contributed by atoms with Crippen LogP contribution in [0.1, 0.15) is 27.2 Å². The Morgan fingerprint density at radius 2 is 2.00 bits per heavy atom. The van der Waals surface area contributed by atoms with Crippen LogP contribution in [0.3, 0.4) is 0 Å². The van der Waals surface area contributed by atoms with Gasteiger partial charge in [0.2, 0.25) is 5.91 Å². The SMILES string of the molecule is CN(C)C(=O)[C@@H]1C[C@@H](N=[N+]=[N-])CN1C(=O)OC(C)(C)C. The summed E-state index contributed by atoms with van der Waals surface area (Å²) in [6, 6.07) is -1.04. The molecule has 1 aliphatic heterocycles. The maximum Gasteiger partial charge on any atom is 0.410 e. The van der Waals surface area contributed by atoms with E-state index in [4.69, 9.17) is 10.3 Å². The molecule has 0 N–H and O–H groups in total. The van der Waals surface area contributed by atoms with Crippen LogP contribution in [0.4, 0.5) is 4.79 Å². The fourth-order valence-corrected chi connectivity index (χ4v) is 2.02. The number of nitrogens with zero attached hydrogens (tertiary/aromatic N) is 5. The van der Waals surface area contributed by atoms with Crippen LogP contribution in [0.2, 0.25) is 0 Å². The Bertz CT molecular complexity index is 437. The molecule has 0 saturated carbocycles. The van der Waals surface area contributed by atoms with Gasteiger partial charge >= 0.3 is 6.09 Å². The van der Waals surface area contributed by atoms with E-state index in [-0.39, 0.29) is 12.5 Å². The summed E-state index contributed by atoms with van der Waals surface area (Å²) in [5, 5.41) is 3.61. The standard InChI is InChI=1S/C12H21N5O3/c1-12(2,3)20-11(19)17-7-8(14-15-13)6-9(17)10(18)16(4)5/h8-9H,6-7H2,1-5H3/t8-,9+/m1/s1. The zero-order valence-corrected chi connectivity index (χ0v) is 12.5. The first-order valence-electron chi connectivity index (χ1n) is 6.40. The quantitative estimate of drug-likeness (QED) is 0.438. The second-order valence-electron chi connectivity index (χ2n) is 5.98. The highest BCUT2D eigenvalue weighted by Gasteiger charge is 2.41. The maximum atomic E-state index is 12.1. The molecule has 1 aliphatic rings. The molecule has 0 aliphatic carbocycles. The first-order chi connectivity index (χ1) is 9.15. The molecule has 0 aromatic rings. The van der Waals surface area contributed by atoms with E-state index in [0.717, 1.165) is 0 Å². The van der Waals surface area contributed by atoms with Crippen molar-refractivity contribution in [2.24, 2.45) is 5.11 Å². The van der Waals surface area contributed by atoms with Crippen LogP contribution < -0.4 is 0 Å². The zero-order valence-electron chi connectivity index (χ0n) is 12.5. The van der Waals surface area contributed by atoms with Crippen LogP contribution in [-0.4, -0.2) is 60.1 Å². The Hall–Kier alpha value is -1.95. The summed E-state index contributed by atoms with van der Waals surface area (Å²) in [4.78, 5) is 29.8. The molecule has 2 amide bonds. The summed E-state index contributed by atoms with van der Waals surface area (Å²) < 4.78 is 5.29. The third kappa shape index (κ3) is 4.03. The minimum Gasteiger partial charge on any atom is -0.444 e. The minimum atomic E-state index is -0.643. The summed E-state index contributed by atoms with van der Waals surface area (Å²) in [5.41, 5.74) is 7.86. The van der Waals surface area contributed by atoms with Crippen molar-refractivity contribution in [2.75, 3.05) is 20.6 Å². The number of likely N-dealkylation sites (N-methyl/N-ethyl adjacent to an activating group) is 1. The molecule has 1 fully saturated rings. The van der Waals surface area contributed by atoms with Gasteiger partial charge < -0.3 is 9.64 Å². The Morgan fingerprint density at radius 3 is 2.45 bits per heavy atom. The third-order valence-corrected chi connectivity index (χ3v) is 2.85. The molecule has 0 radical (unpaired) electrons. The van der Waals surface area contributed by atoms with Gasteiger partial charge in [-0.3, -0.25) is 9.69 Å². The van der Waals surface area contributed by atoms with Gasteiger partial charge in [-0.2, -0.15) is 0 Å². The van der Waals surface area contributed by atoms with Crippen molar-refractivity contribution >= 4 is 12.0 Å². The highest BCUT2D eigenvalue weighted by atomic mass is 16.6. The molecule has 2 atom stereocenters. The van der Waals surface area contributed by atoms with Crippen molar-refractivity contribution in [3.63, 3.8) is 0 Å². The number of hydrogen-bond acceptors (Lipinski definition) is 4.